The predicted molar refractivity (Wildman–Crippen MR) is 70.7 cm³/mol. The van der Waals surface area contributed by atoms with Crippen LogP contribution in [-0.2, 0) is 4.79 Å². The highest BCUT2D eigenvalue weighted by Gasteiger charge is 2.32. The summed E-state index contributed by atoms with van der Waals surface area (Å²) in [6, 6.07) is 0.658. The number of rotatable bonds is 4. The second-order valence-corrected chi connectivity index (χ2v) is 5.76. The van der Waals surface area contributed by atoms with Crippen LogP contribution in [-0.4, -0.2) is 54.0 Å². The van der Waals surface area contributed by atoms with E-state index in [1.165, 1.54) is 0 Å². The first-order valence-electron chi connectivity index (χ1n) is 6.61. The van der Waals surface area contributed by atoms with E-state index in [-0.39, 0.29) is 17.9 Å². The van der Waals surface area contributed by atoms with Crippen molar-refractivity contribution in [3.8, 4) is 0 Å². The molecule has 1 amide bonds. The van der Waals surface area contributed by atoms with Gasteiger partial charge in [-0.05, 0) is 33.2 Å². The van der Waals surface area contributed by atoms with Gasteiger partial charge in [-0.15, -0.1) is 0 Å². The van der Waals surface area contributed by atoms with Crippen molar-refractivity contribution in [3.63, 3.8) is 0 Å². The van der Waals surface area contributed by atoms with Crippen LogP contribution in [0.25, 0.3) is 0 Å². The number of carbonyl (C=O) groups excluding carboxylic acids is 1. The third kappa shape index (κ3) is 3.42. The summed E-state index contributed by atoms with van der Waals surface area (Å²) < 4.78 is 0. The molecule has 2 atom stereocenters. The normalized spacial score (nSPS) is 22.9. The molecule has 2 unspecified atom stereocenters. The van der Waals surface area contributed by atoms with Gasteiger partial charge in [0.25, 0.3) is 0 Å². The SMILES string of the molecule is CC(C)C(N)C(=O)N1CCC(N(C)C(C)C)C1. The number of carbonyl (C=O) groups is 1. The summed E-state index contributed by atoms with van der Waals surface area (Å²) >= 11 is 0. The fourth-order valence-electron chi connectivity index (χ4n) is 2.19. The van der Waals surface area contributed by atoms with E-state index in [0.29, 0.717) is 12.1 Å². The highest BCUT2D eigenvalue weighted by molar-refractivity contribution is 5.82. The molecule has 0 saturated carbocycles. The van der Waals surface area contributed by atoms with E-state index in [4.69, 9.17) is 5.73 Å². The molecular weight excluding hydrogens is 214 g/mol. The molecule has 17 heavy (non-hydrogen) atoms. The van der Waals surface area contributed by atoms with E-state index in [1.54, 1.807) is 0 Å². The van der Waals surface area contributed by atoms with Gasteiger partial charge >= 0.3 is 0 Å². The molecule has 0 radical (unpaired) electrons. The maximum Gasteiger partial charge on any atom is 0.239 e. The zero-order chi connectivity index (χ0) is 13.2. The number of likely N-dealkylation sites (tertiary alicyclic amines) is 1. The Kier molecular flexibility index (Phi) is 4.95. The molecule has 0 aromatic rings. The number of nitrogens with zero attached hydrogens (tertiary/aromatic N) is 2. The van der Waals surface area contributed by atoms with Gasteiger partial charge in [-0.1, -0.05) is 13.8 Å². The largest absolute Gasteiger partial charge is 0.340 e. The lowest BCUT2D eigenvalue weighted by Gasteiger charge is -2.29. The average Bonchev–Trinajstić information content (AvgIpc) is 2.74. The van der Waals surface area contributed by atoms with Crippen LogP contribution < -0.4 is 5.73 Å². The van der Waals surface area contributed by atoms with E-state index in [1.807, 2.05) is 18.7 Å². The summed E-state index contributed by atoms with van der Waals surface area (Å²) in [5.41, 5.74) is 5.92. The third-order valence-electron chi connectivity index (χ3n) is 3.87. The van der Waals surface area contributed by atoms with E-state index in [2.05, 4.69) is 25.8 Å². The Bertz CT molecular complexity index is 265. The Balaban J connectivity index is 2.53. The number of hydrogen-bond acceptors (Lipinski definition) is 3. The molecule has 1 rings (SSSR count). The van der Waals surface area contributed by atoms with Crippen molar-refractivity contribution in [2.45, 2.75) is 52.2 Å². The second kappa shape index (κ2) is 5.83. The Morgan fingerprint density at radius 2 is 1.94 bits per heavy atom. The number of amides is 1. The Morgan fingerprint density at radius 1 is 1.35 bits per heavy atom. The lowest BCUT2D eigenvalue weighted by Crippen LogP contribution is -2.47. The maximum atomic E-state index is 12.1. The molecule has 0 aromatic heterocycles. The first-order chi connectivity index (χ1) is 7.84. The molecule has 2 N–H and O–H groups in total. The van der Waals surface area contributed by atoms with E-state index in [9.17, 15) is 4.79 Å². The van der Waals surface area contributed by atoms with E-state index >= 15 is 0 Å². The van der Waals surface area contributed by atoms with Crippen molar-refractivity contribution in [2.75, 3.05) is 20.1 Å². The molecule has 4 nitrogen and oxygen atoms in total. The van der Waals surface area contributed by atoms with Gasteiger partial charge in [-0.2, -0.15) is 0 Å². The molecule has 0 bridgehead atoms. The maximum absolute atomic E-state index is 12.1. The summed E-state index contributed by atoms with van der Waals surface area (Å²) in [5, 5.41) is 0. The van der Waals surface area contributed by atoms with Crippen molar-refractivity contribution in [2.24, 2.45) is 11.7 Å². The fraction of sp³-hybridized carbons (Fsp3) is 0.923. The standard InChI is InChI=1S/C13H27N3O/c1-9(2)12(14)13(17)16-7-6-11(8-16)15(5)10(3)4/h9-12H,6-8,14H2,1-5H3. The molecule has 4 heteroatoms. The molecule has 1 aliphatic heterocycles. The van der Waals surface area contributed by atoms with Crippen LogP contribution in [0.5, 0.6) is 0 Å². The van der Waals surface area contributed by atoms with Gasteiger partial charge in [-0.3, -0.25) is 9.69 Å². The molecular formula is C13H27N3O. The van der Waals surface area contributed by atoms with Crippen LogP contribution in [0.2, 0.25) is 0 Å². The van der Waals surface area contributed by atoms with Gasteiger partial charge in [0, 0.05) is 25.2 Å². The van der Waals surface area contributed by atoms with Gasteiger partial charge in [-0.25, -0.2) is 0 Å². The number of likely N-dealkylation sites (N-methyl/N-ethyl adjacent to an activating group) is 1. The monoisotopic (exact) mass is 241 g/mol. The molecule has 1 fully saturated rings. The highest BCUT2D eigenvalue weighted by atomic mass is 16.2. The van der Waals surface area contributed by atoms with E-state index in [0.717, 1.165) is 19.5 Å². The van der Waals surface area contributed by atoms with Crippen LogP contribution in [0.1, 0.15) is 34.1 Å². The molecule has 1 aliphatic rings. The quantitative estimate of drug-likeness (QED) is 0.796. The fourth-order valence-corrected chi connectivity index (χ4v) is 2.19. The Hall–Kier alpha value is -0.610. The molecule has 0 aliphatic carbocycles. The predicted octanol–water partition coefficient (Wildman–Crippen LogP) is 0.911. The van der Waals surface area contributed by atoms with Gasteiger partial charge in [0.05, 0.1) is 6.04 Å². The van der Waals surface area contributed by atoms with Crippen LogP contribution >= 0.6 is 0 Å². The first kappa shape index (κ1) is 14.5. The first-order valence-corrected chi connectivity index (χ1v) is 6.61. The van der Waals surface area contributed by atoms with Crippen LogP contribution in [0.3, 0.4) is 0 Å². The van der Waals surface area contributed by atoms with Gasteiger partial charge < -0.3 is 10.6 Å². The van der Waals surface area contributed by atoms with Gasteiger partial charge in [0.15, 0.2) is 0 Å². The van der Waals surface area contributed by atoms with Crippen LogP contribution in [0, 0.1) is 5.92 Å². The number of nitrogens with two attached hydrogens (primary N) is 1. The summed E-state index contributed by atoms with van der Waals surface area (Å²) in [6.45, 7) is 10.0. The zero-order valence-corrected chi connectivity index (χ0v) is 11.8. The van der Waals surface area contributed by atoms with Crippen molar-refractivity contribution >= 4 is 5.91 Å². The van der Waals surface area contributed by atoms with Crippen molar-refractivity contribution in [1.29, 1.82) is 0 Å². The van der Waals surface area contributed by atoms with Crippen LogP contribution in [0.4, 0.5) is 0 Å². The zero-order valence-electron chi connectivity index (χ0n) is 11.8. The highest BCUT2D eigenvalue weighted by Crippen LogP contribution is 2.18. The average molecular weight is 241 g/mol. The molecule has 0 spiro atoms. The summed E-state index contributed by atoms with van der Waals surface area (Å²) in [7, 11) is 2.13. The number of hydrogen-bond donors (Lipinski definition) is 1. The smallest absolute Gasteiger partial charge is 0.239 e. The lowest BCUT2D eigenvalue weighted by molar-refractivity contribution is -0.132. The Labute approximate surface area is 105 Å². The topological polar surface area (TPSA) is 49.6 Å². The lowest BCUT2D eigenvalue weighted by atomic mass is 10.0. The molecule has 1 heterocycles. The minimum absolute atomic E-state index is 0.111. The van der Waals surface area contributed by atoms with Crippen molar-refractivity contribution in [1.82, 2.24) is 9.80 Å². The second-order valence-electron chi connectivity index (χ2n) is 5.76. The van der Waals surface area contributed by atoms with E-state index < -0.39 is 0 Å². The minimum Gasteiger partial charge on any atom is -0.340 e. The minimum atomic E-state index is -0.349. The molecule has 1 saturated heterocycles. The summed E-state index contributed by atoms with van der Waals surface area (Å²) in [5.74, 6) is 0.323. The molecule has 0 aromatic carbocycles. The van der Waals surface area contributed by atoms with Crippen molar-refractivity contribution < 1.29 is 4.79 Å². The third-order valence-corrected chi connectivity index (χ3v) is 3.87. The van der Waals surface area contributed by atoms with Gasteiger partial charge in [0.2, 0.25) is 5.91 Å². The Morgan fingerprint density at radius 3 is 2.41 bits per heavy atom. The van der Waals surface area contributed by atoms with Crippen LogP contribution in [0.15, 0.2) is 0 Å². The molecule has 100 valence electrons. The van der Waals surface area contributed by atoms with Crippen molar-refractivity contribution in [3.05, 3.63) is 0 Å². The summed E-state index contributed by atoms with van der Waals surface area (Å²) in [4.78, 5) is 16.4. The summed E-state index contributed by atoms with van der Waals surface area (Å²) in [6.07, 6.45) is 1.06. The van der Waals surface area contributed by atoms with Gasteiger partial charge in [0.1, 0.15) is 0 Å².